The van der Waals surface area contributed by atoms with Crippen LogP contribution in [-0.2, 0) is 9.47 Å². The van der Waals surface area contributed by atoms with Crippen molar-refractivity contribution in [2.24, 2.45) is 5.73 Å². The lowest BCUT2D eigenvalue weighted by Gasteiger charge is -2.34. The Morgan fingerprint density at radius 3 is 2.55 bits per heavy atom. The summed E-state index contributed by atoms with van der Waals surface area (Å²) in [5, 5.41) is 3.87. The van der Waals surface area contributed by atoms with E-state index >= 15 is 0 Å². The molecule has 9 nitrogen and oxygen atoms in total. The van der Waals surface area contributed by atoms with Gasteiger partial charge in [0.2, 0.25) is 5.82 Å². The number of amides is 2. The molecule has 31 heavy (non-hydrogen) atoms. The molecule has 3 rings (SSSR count). The van der Waals surface area contributed by atoms with Crippen molar-refractivity contribution < 1.29 is 28.0 Å². The van der Waals surface area contributed by atoms with Gasteiger partial charge in [-0.05, 0) is 52.7 Å². The van der Waals surface area contributed by atoms with Crippen LogP contribution in [0.5, 0.6) is 0 Å². The summed E-state index contributed by atoms with van der Waals surface area (Å²) in [4.78, 5) is 29.3. The van der Waals surface area contributed by atoms with Gasteiger partial charge in [-0.2, -0.15) is 4.98 Å². The molecule has 0 bridgehead atoms. The largest absolute Gasteiger partial charge is 0.444 e. The minimum Gasteiger partial charge on any atom is -0.444 e. The number of hydrogen-bond acceptors (Lipinski definition) is 7. The van der Waals surface area contributed by atoms with E-state index in [4.69, 9.17) is 19.7 Å². The Morgan fingerprint density at radius 2 is 1.97 bits per heavy atom. The van der Waals surface area contributed by atoms with Crippen LogP contribution in [0.3, 0.4) is 0 Å². The van der Waals surface area contributed by atoms with Gasteiger partial charge in [0.25, 0.3) is 11.8 Å². The van der Waals surface area contributed by atoms with Crippen LogP contribution in [0, 0.1) is 5.82 Å². The number of aromatic nitrogens is 2. The highest BCUT2D eigenvalue weighted by Gasteiger charge is 2.29. The highest BCUT2D eigenvalue weighted by atomic mass is 19.1. The van der Waals surface area contributed by atoms with E-state index in [2.05, 4.69) is 10.1 Å². The first-order chi connectivity index (χ1) is 14.5. The van der Waals surface area contributed by atoms with Crippen LogP contribution in [-0.4, -0.2) is 51.8 Å². The van der Waals surface area contributed by atoms with E-state index in [1.54, 1.807) is 11.8 Å². The second-order valence-corrected chi connectivity index (χ2v) is 8.46. The van der Waals surface area contributed by atoms with Gasteiger partial charge in [0.1, 0.15) is 17.5 Å². The molecule has 2 aromatic rings. The highest BCUT2D eigenvalue weighted by Crippen LogP contribution is 2.26. The predicted octanol–water partition coefficient (Wildman–Crippen LogP) is 3.45. The quantitative estimate of drug-likeness (QED) is 0.765. The van der Waals surface area contributed by atoms with Gasteiger partial charge in [0.15, 0.2) is 0 Å². The van der Waals surface area contributed by atoms with Crippen LogP contribution in [0.25, 0.3) is 11.4 Å². The summed E-state index contributed by atoms with van der Waals surface area (Å²) in [6.45, 7) is 8.36. The van der Waals surface area contributed by atoms with Crippen molar-refractivity contribution in [2.75, 3.05) is 13.1 Å². The van der Waals surface area contributed by atoms with Gasteiger partial charge in [-0.3, -0.25) is 4.79 Å². The van der Waals surface area contributed by atoms with Gasteiger partial charge in [0, 0.05) is 18.7 Å². The van der Waals surface area contributed by atoms with Gasteiger partial charge >= 0.3 is 6.09 Å². The molecule has 1 aromatic carbocycles. The minimum absolute atomic E-state index is 0.0728. The van der Waals surface area contributed by atoms with Crippen LogP contribution >= 0.6 is 0 Å². The molecule has 1 saturated heterocycles. The van der Waals surface area contributed by atoms with Crippen molar-refractivity contribution in [3.05, 3.63) is 35.5 Å². The summed E-state index contributed by atoms with van der Waals surface area (Å²) in [7, 11) is 0. The fourth-order valence-electron chi connectivity index (χ4n) is 3.22. The first-order valence-electron chi connectivity index (χ1n) is 10.1. The first kappa shape index (κ1) is 22.7. The summed E-state index contributed by atoms with van der Waals surface area (Å²) >= 11 is 0. The lowest BCUT2D eigenvalue weighted by molar-refractivity contribution is -0.0509. The number of piperidine rings is 1. The summed E-state index contributed by atoms with van der Waals surface area (Å²) in [6, 6.07) is 3.91. The maximum Gasteiger partial charge on any atom is 0.410 e. The Balaban J connectivity index is 1.56. The molecule has 10 heteroatoms. The third kappa shape index (κ3) is 5.78. The third-order valence-electron chi connectivity index (χ3n) is 4.77. The molecule has 0 spiro atoms. The molecule has 1 aliphatic heterocycles. The lowest BCUT2D eigenvalue weighted by Crippen LogP contribution is -2.43. The molecule has 0 radical (unpaired) electrons. The van der Waals surface area contributed by atoms with E-state index in [1.807, 2.05) is 20.8 Å². The highest BCUT2D eigenvalue weighted by molar-refractivity contribution is 5.93. The number of nitrogens with zero attached hydrogens (tertiary/aromatic N) is 3. The molecule has 1 aliphatic rings. The zero-order valence-corrected chi connectivity index (χ0v) is 18.1. The van der Waals surface area contributed by atoms with Crippen molar-refractivity contribution in [1.82, 2.24) is 15.0 Å². The number of likely N-dealkylation sites (tertiary alicyclic amines) is 1. The van der Waals surface area contributed by atoms with Crippen LogP contribution in [0.15, 0.2) is 22.7 Å². The average Bonchev–Trinajstić information content (AvgIpc) is 3.17. The fourth-order valence-corrected chi connectivity index (χ4v) is 3.22. The third-order valence-corrected chi connectivity index (χ3v) is 4.77. The maximum absolute atomic E-state index is 14.0. The standard InChI is InChI=1S/C21H27FN4O5/c1-12(29-14-7-9-26(10-8-14)20(28)30-21(2,3)4)19-24-18(25-31-19)13-5-6-15(17(23)27)16(22)11-13/h5-6,11-12,14H,7-10H2,1-4H3,(H2,23,27). The smallest absolute Gasteiger partial charge is 0.410 e. The van der Waals surface area contributed by atoms with Crippen molar-refractivity contribution >= 4 is 12.0 Å². The molecule has 2 amide bonds. The number of benzene rings is 1. The Bertz CT molecular complexity index is 947. The van der Waals surface area contributed by atoms with Gasteiger partial charge in [-0.1, -0.05) is 11.2 Å². The molecular weight excluding hydrogens is 407 g/mol. The Hall–Kier alpha value is -3.01. The van der Waals surface area contributed by atoms with Gasteiger partial charge in [-0.15, -0.1) is 0 Å². The molecular formula is C21H27FN4O5. The number of primary amides is 1. The van der Waals surface area contributed by atoms with Crippen molar-refractivity contribution in [1.29, 1.82) is 0 Å². The summed E-state index contributed by atoms with van der Waals surface area (Å²) in [6.07, 6.45) is 0.440. The van der Waals surface area contributed by atoms with Gasteiger partial charge in [-0.25, -0.2) is 9.18 Å². The molecule has 1 aromatic heterocycles. The Morgan fingerprint density at radius 1 is 1.29 bits per heavy atom. The van der Waals surface area contributed by atoms with E-state index in [0.29, 0.717) is 31.5 Å². The number of rotatable bonds is 5. The molecule has 1 fully saturated rings. The number of carbonyl (C=O) groups is 2. The number of carbonyl (C=O) groups excluding carboxylic acids is 2. The Kier molecular flexibility index (Phi) is 6.59. The molecule has 1 atom stereocenters. The van der Waals surface area contributed by atoms with Crippen molar-refractivity contribution in [3.8, 4) is 11.4 Å². The van der Waals surface area contributed by atoms with Crippen LogP contribution in [0.2, 0.25) is 0 Å². The van der Waals surface area contributed by atoms with Crippen LogP contribution in [0.4, 0.5) is 9.18 Å². The van der Waals surface area contributed by atoms with E-state index in [0.717, 1.165) is 6.07 Å². The zero-order chi connectivity index (χ0) is 22.8. The van der Waals surface area contributed by atoms with E-state index < -0.39 is 23.4 Å². The number of ether oxygens (including phenoxy) is 2. The molecule has 1 unspecified atom stereocenters. The molecule has 2 N–H and O–H groups in total. The van der Waals surface area contributed by atoms with E-state index in [9.17, 15) is 14.0 Å². The van der Waals surface area contributed by atoms with Gasteiger partial charge < -0.3 is 24.6 Å². The minimum atomic E-state index is -0.849. The van der Waals surface area contributed by atoms with Crippen LogP contribution < -0.4 is 5.73 Å². The predicted molar refractivity (Wildman–Crippen MR) is 109 cm³/mol. The topological polar surface area (TPSA) is 121 Å². The molecule has 168 valence electrons. The summed E-state index contributed by atoms with van der Waals surface area (Å²) < 4.78 is 30.7. The number of nitrogens with two attached hydrogens (primary N) is 1. The van der Waals surface area contributed by atoms with Crippen molar-refractivity contribution in [3.63, 3.8) is 0 Å². The SMILES string of the molecule is CC(OC1CCN(C(=O)OC(C)(C)C)CC1)c1nc(-c2ccc(C(N)=O)c(F)c2)no1. The fraction of sp³-hybridized carbons (Fsp3) is 0.524. The second kappa shape index (κ2) is 9.01. The molecule has 0 saturated carbocycles. The number of hydrogen-bond donors (Lipinski definition) is 1. The molecule has 0 aliphatic carbocycles. The summed E-state index contributed by atoms with van der Waals surface area (Å²) in [5.74, 6) is -1.17. The maximum atomic E-state index is 14.0. The first-order valence-corrected chi connectivity index (χ1v) is 10.1. The molecule has 2 heterocycles. The lowest BCUT2D eigenvalue weighted by atomic mass is 10.1. The Labute approximate surface area is 179 Å². The average molecular weight is 434 g/mol. The number of halogens is 1. The van der Waals surface area contributed by atoms with E-state index in [1.165, 1.54) is 12.1 Å². The monoisotopic (exact) mass is 434 g/mol. The van der Waals surface area contributed by atoms with E-state index in [-0.39, 0.29) is 29.5 Å². The summed E-state index contributed by atoms with van der Waals surface area (Å²) in [5.41, 5.74) is 4.73. The van der Waals surface area contributed by atoms with Crippen LogP contribution in [0.1, 0.15) is 62.9 Å². The normalized spacial score (nSPS) is 16.2. The van der Waals surface area contributed by atoms with Gasteiger partial charge in [0.05, 0.1) is 11.7 Å². The zero-order valence-electron chi connectivity index (χ0n) is 18.1. The second-order valence-electron chi connectivity index (χ2n) is 8.46. The van der Waals surface area contributed by atoms with Crippen molar-refractivity contribution in [2.45, 2.75) is 58.3 Å².